The van der Waals surface area contributed by atoms with Gasteiger partial charge in [0, 0.05) is 5.56 Å². The molecule has 1 aromatic carbocycles. The summed E-state index contributed by atoms with van der Waals surface area (Å²) in [4.78, 5) is 3.17. The molecule has 0 N–H and O–H groups in total. The van der Waals surface area contributed by atoms with E-state index in [-0.39, 0.29) is 17.3 Å². The van der Waals surface area contributed by atoms with Crippen LogP contribution in [0.3, 0.4) is 0 Å². The highest BCUT2D eigenvalue weighted by Gasteiger charge is 2.38. The normalized spacial score (nSPS) is 12.4. The van der Waals surface area contributed by atoms with Crippen LogP contribution in [0.2, 0.25) is 0 Å². The van der Waals surface area contributed by atoms with Gasteiger partial charge < -0.3 is 0 Å². The first kappa shape index (κ1) is 17.8. The smallest absolute Gasteiger partial charge is 0.224 e. The maximum Gasteiger partial charge on any atom is 0.433 e. The highest BCUT2D eigenvalue weighted by Crippen LogP contribution is 2.35. The first-order chi connectivity index (χ1) is 12.0. The van der Waals surface area contributed by atoms with Crippen LogP contribution in [-0.2, 0) is 12.4 Å². The van der Waals surface area contributed by atoms with Crippen molar-refractivity contribution in [3.05, 3.63) is 59.7 Å². The van der Waals surface area contributed by atoms with Crippen LogP contribution in [0.1, 0.15) is 11.3 Å². The zero-order chi connectivity index (χ0) is 19.1. The molecule has 0 aliphatic rings. The molecular formula is C15H7F7N4. The first-order valence-electron chi connectivity index (χ1n) is 6.89. The minimum absolute atomic E-state index is 0.0530. The third-order valence-corrected chi connectivity index (χ3v) is 3.28. The lowest BCUT2D eigenvalue weighted by molar-refractivity contribution is -0.145. The van der Waals surface area contributed by atoms with Crippen molar-refractivity contribution in [2.75, 3.05) is 0 Å². The van der Waals surface area contributed by atoms with Crippen molar-refractivity contribution in [1.29, 1.82) is 0 Å². The fourth-order valence-corrected chi connectivity index (χ4v) is 2.10. The van der Waals surface area contributed by atoms with Crippen LogP contribution >= 0.6 is 0 Å². The Hall–Kier alpha value is -2.98. The van der Waals surface area contributed by atoms with E-state index in [1.807, 2.05) is 0 Å². The Labute approximate surface area is 140 Å². The van der Waals surface area contributed by atoms with Gasteiger partial charge in [-0.2, -0.15) is 26.3 Å². The Kier molecular flexibility index (Phi) is 4.17. The van der Waals surface area contributed by atoms with Crippen LogP contribution in [0.5, 0.6) is 0 Å². The monoisotopic (exact) mass is 376 g/mol. The molecule has 0 atom stereocenters. The van der Waals surface area contributed by atoms with Crippen LogP contribution < -0.4 is 0 Å². The summed E-state index contributed by atoms with van der Waals surface area (Å²) in [7, 11) is 0. The lowest BCUT2D eigenvalue weighted by Crippen LogP contribution is -2.15. The lowest BCUT2D eigenvalue weighted by Gasteiger charge is -2.12. The van der Waals surface area contributed by atoms with Gasteiger partial charge in [-0.3, -0.25) is 0 Å². The number of nitrogens with zero attached hydrogens (tertiary/aromatic N) is 4. The van der Waals surface area contributed by atoms with E-state index in [0.29, 0.717) is 10.7 Å². The van der Waals surface area contributed by atoms with Gasteiger partial charge in [0.15, 0.2) is 5.82 Å². The minimum Gasteiger partial charge on any atom is -0.224 e. The van der Waals surface area contributed by atoms with Gasteiger partial charge in [0.1, 0.15) is 17.2 Å². The average Bonchev–Trinajstić information content (AvgIpc) is 3.03. The molecular weight excluding hydrogens is 369 g/mol. The molecule has 0 saturated carbocycles. The van der Waals surface area contributed by atoms with E-state index >= 15 is 0 Å². The van der Waals surface area contributed by atoms with Crippen LogP contribution in [-0.4, -0.2) is 20.0 Å². The summed E-state index contributed by atoms with van der Waals surface area (Å²) in [5.41, 5.74) is -2.95. The van der Waals surface area contributed by atoms with Crippen LogP contribution in [0.15, 0.2) is 42.6 Å². The van der Waals surface area contributed by atoms with Gasteiger partial charge in [-0.25, -0.2) is 14.1 Å². The highest BCUT2D eigenvalue weighted by molar-refractivity contribution is 5.58. The van der Waals surface area contributed by atoms with Gasteiger partial charge in [-0.15, -0.1) is 5.10 Å². The Morgan fingerprint density at radius 3 is 2.23 bits per heavy atom. The molecule has 11 heteroatoms. The summed E-state index contributed by atoms with van der Waals surface area (Å²) >= 11 is 0. The molecule has 2 heterocycles. The molecule has 0 aliphatic heterocycles. The summed E-state index contributed by atoms with van der Waals surface area (Å²) in [5.74, 6) is -1.31. The van der Waals surface area contributed by atoms with Gasteiger partial charge in [-0.1, -0.05) is 17.3 Å². The Morgan fingerprint density at radius 2 is 1.62 bits per heavy atom. The molecule has 2 aromatic heterocycles. The van der Waals surface area contributed by atoms with Crippen molar-refractivity contribution < 1.29 is 30.7 Å². The molecule has 26 heavy (non-hydrogen) atoms. The second kappa shape index (κ2) is 6.07. The fraction of sp³-hybridized carbons (Fsp3) is 0.133. The summed E-state index contributed by atoms with van der Waals surface area (Å²) in [5, 5.41) is 7.12. The van der Waals surface area contributed by atoms with Gasteiger partial charge in [0.05, 0.1) is 11.8 Å². The van der Waals surface area contributed by atoms with Gasteiger partial charge in [0.25, 0.3) is 0 Å². The van der Waals surface area contributed by atoms with E-state index in [2.05, 4.69) is 15.3 Å². The highest BCUT2D eigenvalue weighted by atomic mass is 19.4. The first-order valence-corrected chi connectivity index (χ1v) is 6.89. The Balaban J connectivity index is 2.09. The minimum atomic E-state index is -5.08. The van der Waals surface area contributed by atoms with E-state index in [0.717, 1.165) is 18.3 Å². The number of alkyl halides is 6. The van der Waals surface area contributed by atoms with Crippen molar-refractivity contribution in [3.63, 3.8) is 0 Å². The second-order valence-corrected chi connectivity index (χ2v) is 5.15. The van der Waals surface area contributed by atoms with E-state index < -0.39 is 35.2 Å². The lowest BCUT2D eigenvalue weighted by atomic mass is 10.2. The molecule has 3 aromatic rings. The van der Waals surface area contributed by atoms with E-state index in [1.165, 1.54) is 12.1 Å². The predicted octanol–water partition coefficient (Wildman–Crippen LogP) is 4.51. The van der Waals surface area contributed by atoms with Crippen LogP contribution in [0.25, 0.3) is 17.1 Å². The van der Waals surface area contributed by atoms with Crippen molar-refractivity contribution >= 4 is 0 Å². The molecule has 3 rings (SSSR count). The van der Waals surface area contributed by atoms with E-state index in [4.69, 9.17) is 0 Å². The molecule has 0 fully saturated rings. The van der Waals surface area contributed by atoms with Gasteiger partial charge in [0.2, 0.25) is 0 Å². The molecule has 0 bridgehead atoms. The van der Waals surface area contributed by atoms with Crippen molar-refractivity contribution in [1.82, 2.24) is 20.0 Å². The summed E-state index contributed by atoms with van der Waals surface area (Å²) in [6.45, 7) is 0. The average molecular weight is 376 g/mol. The van der Waals surface area contributed by atoms with Gasteiger partial charge in [-0.05, 0) is 24.3 Å². The summed E-state index contributed by atoms with van der Waals surface area (Å²) in [6, 6.07) is 5.41. The molecule has 0 amide bonds. The number of pyridine rings is 1. The molecule has 0 spiro atoms. The zero-order valence-corrected chi connectivity index (χ0v) is 12.5. The van der Waals surface area contributed by atoms with E-state index in [1.54, 1.807) is 0 Å². The predicted molar refractivity (Wildman–Crippen MR) is 74.6 cm³/mol. The SMILES string of the molecule is Fc1cccc(-c2cn(-c3cc(C(F)(F)F)cc(C(F)(F)F)n3)nn2)c1. The maximum atomic E-state index is 13.2. The molecule has 136 valence electrons. The standard InChI is InChI=1S/C15H7F7N4/c16-10-3-1-2-8(4-10)11-7-26(25-24-11)13-6-9(14(17,18)19)5-12(23-13)15(20,21)22/h1-7H. The summed E-state index contributed by atoms with van der Waals surface area (Å²) < 4.78 is 91.1. The molecule has 4 nitrogen and oxygen atoms in total. The molecule has 0 radical (unpaired) electrons. The number of hydrogen-bond acceptors (Lipinski definition) is 3. The zero-order valence-electron chi connectivity index (χ0n) is 12.5. The number of halogens is 7. The third-order valence-electron chi connectivity index (χ3n) is 3.28. The van der Waals surface area contributed by atoms with Crippen LogP contribution in [0.4, 0.5) is 30.7 Å². The molecule has 0 saturated heterocycles. The number of benzene rings is 1. The molecule has 0 unspecified atom stereocenters. The number of aromatic nitrogens is 4. The van der Waals surface area contributed by atoms with Gasteiger partial charge >= 0.3 is 12.4 Å². The Bertz CT molecular complexity index is 911. The van der Waals surface area contributed by atoms with Crippen molar-refractivity contribution in [2.45, 2.75) is 12.4 Å². The van der Waals surface area contributed by atoms with Crippen molar-refractivity contribution in [2.24, 2.45) is 0 Å². The van der Waals surface area contributed by atoms with Crippen LogP contribution in [0, 0.1) is 5.82 Å². The fourth-order valence-electron chi connectivity index (χ4n) is 2.10. The molecule has 0 aliphatic carbocycles. The maximum absolute atomic E-state index is 13.2. The number of hydrogen-bond donors (Lipinski definition) is 0. The third kappa shape index (κ3) is 3.65. The topological polar surface area (TPSA) is 43.6 Å². The van der Waals surface area contributed by atoms with Crippen molar-refractivity contribution in [3.8, 4) is 17.1 Å². The van der Waals surface area contributed by atoms with E-state index in [9.17, 15) is 30.7 Å². The second-order valence-electron chi connectivity index (χ2n) is 5.15. The largest absolute Gasteiger partial charge is 0.433 e. The quantitative estimate of drug-likeness (QED) is 0.619. The number of rotatable bonds is 2. The Morgan fingerprint density at radius 1 is 0.885 bits per heavy atom. The summed E-state index contributed by atoms with van der Waals surface area (Å²) in [6.07, 6.45) is -9.04.